The van der Waals surface area contributed by atoms with E-state index in [9.17, 15) is 28.3 Å². The lowest BCUT2D eigenvalue weighted by Crippen LogP contribution is -2.56. The summed E-state index contributed by atoms with van der Waals surface area (Å²) in [6.45, 7) is 2.26. The Kier molecular flexibility index (Phi) is 9.63. The van der Waals surface area contributed by atoms with E-state index in [2.05, 4.69) is 23.6 Å². The van der Waals surface area contributed by atoms with Gasteiger partial charge in [0.1, 0.15) is 11.6 Å². The van der Waals surface area contributed by atoms with Crippen molar-refractivity contribution in [2.45, 2.75) is 38.5 Å². The van der Waals surface area contributed by atoms with Gasteiger partial charge in [0.25, 0.3) is 0 Å². The molecule has 0 bridgehead atoms. The minimum atomic E-state index is -1.08. The number of rotatable bonds is 11. The molecular weight excluding hydrogens is 470 g/mol. The summed E-state index contributed by atoms with van der Waals surface area (Å²) in [5, 5.41) is 16.7. The number of halogens is 2. The molecule has 1 saturated heterocycles. The van der Waals surface area contributed by atoms with Crippen molar-refractivity contribution in [3.8, 4) is 0 Å². The first-order valence-electron chi connectivity index (χ1n) is 11.9. The van der Waals surface area contributed by atoms with Crippen LogP contribution in [-0.4, -0.2) is 78.0 Å². The van der Waals surface area contributed by atoms with Crippen molar-refractivity contribution in [3.63, 3.8) is 0 Å². The molecule has 0 aliphatic carbocycles. The fraction of sp³-hybridized carbons (Fsp3) is 0.423. The highest BCUT2D eigenvalue weighted by Crippen LogP contribution is 2.13. The number of aryl methyl sites for hydroxylation is 1. The summed E-state index contributed by atoms with van der Waals surface area (Å²) in [6, 6.07) is 10.2. The number of benzene rings is 2. The first-order valence-corrected chi connectivity index (χ1v) is 11.9. The van der Waals surface area contributed by atoms with Crippen LogP contribution in [0.2, 0.25) is 0 Å². The summed E-state index contributed by atoms with van der Waals surface area (Å²) in [5.41, 5.74) is 2.50. The zero-order valence-corrected chi connectivity index (χ0v) is 20.5. The molecule has 1 heterocycles. The summed E-state index contributed by atoms with van der Waals surface area (Å²) in [6.07, 6.45) is -0.195. The zero-order chi connectivity index (χ0) is 26.2. The van der Waals surface area contributed by atoms with Crippen LogP contribution in [0.15, 0.2) is 42.5 Å². The number of carbonyl (C=O) groups is 3. The molecule has 36 heavy (non-hydrogen) atoms. The first kappa shape index (κ1) is 27.4. The molecule has 2 atom stereocenters. The number of imide groups is 1. The smallest absolute Gasteiger partial charge is 0.243 e. The van der Waals surface area contributed by atoms with Gasteiger partial charge in [-0.2, -0.15) is 0 Å². The molecule has 10 heteroatoms. The zero-order valence-electron chi connectivity index (χ0n) is 20.5. The van der Waals surface area contributed by atoms with Crippen molar-refractivity contribution in [1.82, 2.24) is 20.4 Å². The van der Waals surface area contributed by atoms with Gasteiger partial charge in [-0.05, 0) is 41.7 Å². The molecule has 1 aliphatic heterocycles. The number of carbonyl (C=O) groups excluding carboxylic acids is 3. The van der Waals surface area contributed by atoms with E-state index < -0.39 is 41.5 Å². The van der Waals surface area contributed by atoms with E-state index in [1.165, 1.54) is 17.5 Å². The molecule has 2 aromatic carbocycles. The van der Waals surface area contributed by atoms with Gasteiger partial charge < -0.3 is 15.7 Å². The number of hydrogen-bond acceptors (Lipinski definition) is 6. The molecule has 194 valence electrons. The highest BCUT2D eigenvalue weighted by molar-refractivity contribution is 5.99. The third-order valence-corrected chi connectivity index (χ3v) is 6.10. The maximum atomic E-state index is 13.7. The van der Waals surface area contributed by atoms with E-state index in [-0.39, 0.29) is 38.2 Å². The molecule has 0 aromatic heterocycles. The van der Waals surface area contributed by atoms with Crippen molar-refractivity contribution in [2.24, 2.45) is 0 Å². The minimum Gasteiger partial charge on any atom is -0.390 e. The number of piperazine rings is 1. The Bertz CT molecular complexity index is 1060. The number of aliphatic hydroxyl groups excluding tert-OH is 1. The third-order valence-electron chi connectivity index (χ3n) is 6.10. The van der Waals surface area contributed by atoms with Gasteiger partial charge in [-0.1, -0.05) is 31.2 Å². The topological polar surface area (TPSA) is 102 Å². The van der Waals surface area contributed by atoms with Gasteiger partial charge in [0, 0.05) is 26.2 Å². The largest absolute Gasteiger partial charge is 0.390 e. The Labute approximate surface area is 209 Å². The second-order valence-corrected chi connectivity index (χ2v) is 9.02. The molecule has 3 rings (SSSR count). The van der Waals surface area contributed by atoms with E-state index >= 15 is 0 Å². The van der Waals surface area contributed by atoms with Crippen molar-refractivity contribution in [2.75, 3.05) is 33.2 Å². The highest BCUT2D eigenvalue weighted by Gasteiger charge is 2.30. The van der Waals surface area contributed by atoms with Crippen LogP contribution in [0.4, 0.5) is 8.78 Å². The second kappa shape index (κ2) is 12.7. The molecule has 0 unspecified atom stereocenters. The van der Waals surface area contributed by atoms with Gasteiger partial charge >= 0.3 is 0 Å². The number of amides is 3. The van der Waals surface area contributed by atoms with Gasteiger partial charge in [-0.3, -0.25) is 24.2 Å². The lowest BCUT2D eigenvalue weighted by molar-refractivity contribution is -0.149. The van der Waals surface area contributed by atoms with Crippen LogP contribution in [0.5, 0.6) is 0 Å². The van der Waals surface area contributed by atoms with Crippen molar-refractivity contribution >= 4 is 17.7 Å². The molecule has 0 saturated carbocycles. The summed E-state index contributed by atoms with van der Waals surface area (Å²) in [7, 11) is 1.39. The van der Waals surface area contributed by atoms with E-state index in [0.29, 0.717) is 6.54 Å². The minimum absolute atomic E-state index is 0.0187. The van der Waals surface area contributed by atoms with E-state index in [1.54, 1.807) is 0 Å². The van der Waals surface area contributed by atoms with Crippen LogP contribution in [0.3, 0.4) is 0 Å². The predicted octanol–water partition coefficient (Wildman–Crippen LogP) is 1.01. The Morgan fingerprint density at radius 1 is 1.03 bits per heavy atom. The number of nitrogens with zero attached hydrogens (tertiary/aromatic N) is 2. The summed E-state index contributed by atoms with van der Waals surface area (Å²) >= 11 is 0. The molecular formula is C26H32F2N4O4. The van der Waals surface area contributed by atoms with Crippen molar-refractivity contribution in [1.29, 1.82) is 0 Å². The lowest BCUT2D eigenvalue weighted by Gasteiger charge is -2.31. The van der Waals surface area contributed by atoms with E-state index in [4.69, 9.17) is 0 Å². The number of hydrogen-bond donors (Lipinski definition) is 3. The lowest BCUT2D eigenvalue weighted by atomic mass is 10.0. The normalized spacial score (nSPS) is 16.2. The van der Waals surface area contributed by atoms with Crippen LogP contribution in [-0.2, 0) is 33.8 Å². The first-order chi connectivity index (χ1) is 17.1. The quantitative estimate of drug-likeness (QED) is 0.397. The van der Waals surface area contributed by atoms with Crippen molar-refractivity contribution < 1.29 is 28.3 Å². The average Bonchev–Trinajstić information content (AvgIpc) is 2.81. The Balaban J connectivity index is 1.64. The van der Waals surface area contributed by atoms with Crippen LogP contribution < -0.4 is 10.6 Å². The maximum absolute atomic E-state index is 13.7. The van der Waals surface area contributed by atoms with E-state index in [1.807, 2.05) is 18.2 Å². The van der Waals surface area contributed by atoms with Crippen LogP contribution >= 0.6 is 0 Å². The molecule has 3 amide bonds. The van der Waals surface area contributed by atoms with Crippen LogP contribution in [0, 0.1) is 11.6 Å². The molecule has 0 spiro atoms. The molecule has 0 radical (unpaired) electrons. The standard InChI is InChI=1S/C26H32F2N4O4/c1-3-17-5-4-6-18(7-17)12-29-13-23(33)22(10-19-8-20(27)11-21(28)9-19)30-24(34)14-32-15-25(35)31(2)26(36)16-32/h4-9,11,22-23,29,33H,3,10,12-16H2,1-2H3,(H,30,34)/t22-,23+/m0/s1. The Morgan fingerprint density at radius 2 is 1.67 bits per heavy atom. The van der Waals surface area contributed by atoms with Crippen LogP contribution in [0.25, 0.3) is 0 Å². The van der Waals surface area contributed by atoms with Gasteiger partial charge in [0.2, 0.25) is 17.7 Å². The van der Waals surface area contributed by atoms with Crippen LogP contribution in [0.1, 0.15) is 23.6 Å². The summed E-state index contributed by atoms with van der Waals surface area (Å²) < 4.78 is 27.5. The molecule has 1 aliphatic rings. The molecule has 8 nitrogen and oxygen atoms in total. The molecule has 2 aromatic rings. The Morgan fingerprint density at radius 3 is 2.31 bits per heavy atom. The Hall–Kier alpha value is -3.21. The van der Waals surface area contributed by atoms with E-state index in [0.717, 1.165) is 35.1 Å². The van der Waals surface area contributed by atoms with Gasteiger partial charge in [0.05, 0.1) is 31.8 Å². The monoisotopic (exact) mass is 502 g/mol. The van der Waals surface area contributed by atoms with Gasteiger partial charge in [-0.15, -0.1) is 0 Å². The average molecular weight is 503 g/mol. The fourth-order valence-electron chi connectivity index (χ4n) is 4.09. The fourth-order valence-corrected chi connectivity index (χ4v) is 4.09. The third kappa shape index (κ3) is 7.91. The SMILES string of the molecule is CCc1cccc(CNC[C@@H](O)[C@H](Cc2cc(F)cc(F)c2)NC(=O)CN2CC(=O)N(C)C(=O)C2)c1. The maximum Gasteiger partial charge on any atom is 0.243 e. The predicted molar refractivity (Wildman–Crippen MR) is 130 cm³/mol. The number of aliphatic hydroxyl groups is 1. The summed E-state index contributed by atoms with van der Waals surface area (Å²) in [4.78, 5) is 39.0. The second-order valence-electron chi connectivity index (χ2n) is 9.02. The van der Waals surface area contributed by atoms with Crippen molar-refractivity contribution in [3.05, 3.63) is 70.8 Å². The number of nitrogens with one attached hydrogen (secondary N) is 2. The summed E-state index contributed by atoms with van der Waals surface area (Å²) in [5.74, 6) is -2.86. The highest BCUT2D eigenvalue weighted by atomic mass is 19.1. The van der Waals surface area contributed by atoms with Gasteiger partial charge in [0.15, 0.2) is 0 Å². The molecule has 3 N–H and O–H groups in total. The molecule has 1 fully saturated rings. The van der Waals surface area contributed by atoms with Gasteiger partial charge in [-0.25, -0.2) is 8.78 Å². The number of likely N-dealkylation sites (N-methyl/N-ethyl adjacent to an activating group) is 1.